The summed E-state index contributed by atoms with van der Waals surface area (Å²) in [7, 11) is -2.97. The second kappa shape index (κ2) is 4.73. The zero-order valence-corrected chi connectivity index (χ0v) is 11.1. The highest BCUT2D eigenvalue weighted by molar-refractivity contribution is 7.91. The Labute approximate surface area is 97.7 Å². The van der Waals surface area contributed by atoms with Crippen LogP contribution in [0.1, 0.15) is 40.0 Å². The molecule has 1 heterocycles. The monoisotopic (exact) mass is 247 g/mol. The van der Waals surface area contributed by atoms with Gasteiger partial charge in [0.2, 0.25) is 5.91 Å². The van der Waals surface area contributed by atoms with Gasteiger partial charge in [0.05, 0.1) is 17.4 Å². The molecule has 0 bridgehead atoms. The summed E-state index contributed by atoms with van der Waals surface area (Å²) in [5.41, 5.74) is -0.238. The predicted molar refractivity (Wildman–Crippen MR) is 63.9 cm³/mol. The first kappa shape index (κ1) is 13.5. The summed E-state index contributed by atoms with van der Waals surface area (Å²) in [4.78, 5) is 11.8. The summed E-state index contributed by atoms with van der Waals surface area (Å²) in [6, 6.07) is 0. The molecule has 0 aromatic rings. The number of sulfone groups is 1. The maximum atomic E-state index is 11.8. The topological polar surface area (TPSA) is 63.2 Å². The number of carbonyl (C=O) groups excluding carboxylic acids is 1. The minimum absolute atomic E-state index is 0.0149. The van der Waals surface area contributed by atoms with Crippen LogP contribution in [-0.4, -0.2) is 31.4 Å². The third-order valence-electron chi connectivity index (χ3n) is 2.94. The first-order valence-electron chi connectivity index (χ1n) is 5.78. The van der Waals surface area contributed by atoms with E-state index in [-0.39, 0.29) is 28.9 Å². The molecule has 0 aromatic carbocycles. The van der Waals surface area contributed by atoms with Crippen molar-refractivity contribution < 1.29 is 13.2 Å². The van der Waals surface area contributed by atoms with Gasteiger partial charge in [-0.25, -0.2) is 8.42 Å². The van der Waals surface area contributed by atoms with Crippen molar-refractivity contribution >= 4 is 15.7 Å². The minimum atomic E-state index is -2.97. The molecular formula is C11H21NO3S. The van der Waals surface area contributed by atoms with E-state index in [9.17, 15) is 13.2 Å². The van der Waals surface area contributed by atoms with Crippen LogP contribution >= 0.6 is 0 Å². The van der Waals surface area contributed by atoms with Crippen molar-refractivity contribution in [1.82, 2.24) is 5.32 Å². The summed E-state index contributed by atoms with van der Waals surface area (Å²) < 4.78 is 22.5. The maximum absolute atomic E-state index is 11.8. The Morgan fingerprint density at radius 3 is 2.50 bits per heavy atom. The van der Waals surface area contributed by atoms with Crippen LogP contribution in [0.5, 0.6) is 0 Å². The van der Waals surface area contributed by atoms with E-state index in [2.05, 4.69) is 12.2 Å². The molecule has 0 aliphatic carbocycles. The van der Waals surface area contributed by atoms with Gasteiger partial charge in [0.1, 0.15) is 0 Å². The van der Waals surface area contributed by atoms with Gasteiger partial charge < -0.3 is 5.32 Å². The van der Waals surface area contributed by atoms with Gasteiger partial charge in [-0.3, -0.25) is 4.79 Å². The van der Waals surface area contributed by atoms with Gasteiger partial charge in [0.15, 0.2) is 9.84 Å². The van der Waals surface area contributed by atoms with Crippen LogP contribution in [0.2, 0.25) is 0 Å². The molecule has 5 heteroatoms. The summed E-state index contributed by atoms with van der Waals surface area (Å²) in [6.45, 7) is 6.00. The fourth-order valence-corrected chi connectivity index (χ4v) is 3.87. The molecule has 0 radical (unpaired) electrons. The van der Waals surface area contributed by atoms with Crippen LogP contribution < -0.4 is 5.32 Å². The van der Waals surface area contributed by atoms with Gasteiger partial charge in [-0.2, -0.15) is 0 Å². The predicted octanol–water partition coefficient (Wildman–Crippen LogP) is 1.12. The second-order valence-corrected chi connectivity index (χ2v) is 7.45. The van der Waals surface area contributed by atoms with E-state index in [1.165, 1.54) is 0 Å². The van der Waals surface area contributed by atoms with Crippen LogP contribution in [0, 0.1) is 5.92 Å². The van der Waals surface area contributed by atoms with Crippen molar-refractivity contribution in [1.29, 1.82) is 0 Å². The molecular weight excluding hydrogens is 226 g/mol. The quantitative estimate of drug-likeness (QED) is 0.809. The Kier molecular flexibility index (Phi) is 3.99. The van der Waals surface area contributed by atoms with Crippen molar-refractivity contribution in [3.8, 4) is 0 Å². The molecule has 1 rings (SSSR count). The van der Waals surface area contributed by atoms with Crippen molar-refractivity contribution in [2.24, 2.45) is 5.92 Å². The maximum Gasteiger partial charge on any atom is 0.224 e. The highest BCUT2D eigenvalue weighted by atomic mass is 32.2. The van der Waals surface area contributed by atoms with Crippen LogP contribution in [0.25, 0.3) is 0 Å². The SMILES string of the molecule is CCCC(C)(C)NC(=O)C1CCS(=O)(=O)C1. The zero-order chi connectivity index (χ0) is 12.4. The minimum Gasteiger partial charge on any atom is -0.351 e. The molecule has 1 aliphatic rings. The van der Waals surface area contributed by atoms with Gasteiger partial charge in [-0.05, 0) is 26.7 Å². The average molecular weight is 247 g/mol. The largest absolute Gasteiger partial charge is 0.351 e. The van der Waals surface area contributed by atoms with E-state index in [1.54, 1.807) is 0 Å². The number of nitrogens with one attached hydrogen (secondary N) is 1. The Bertz CT molecular complexity index is 359. The van der Waals surface area contributed by atoms with E-state index in [4.69, 9.17) is 0 Å². The molecule has 1 aliphatic heterocycles. The lowest BCUT2D eigenvalue weighted by Crippen LogP contribution is -2.46. The van der Waals surface area contributed by atoms with Crippen molar-refractivity contribution in [2.75, 3.05) is 11.5 Å². The fourth-order valence-electron chi connectivity index (χ4n) is 2.12. The van der Waals surface area contributed by atoms with Crippen molar-refractivity contribution in [2.45, 2.75) is 45.6 Å². The molecule has 1 atom stereocenters. The molecule has 94 valence electrons. The summed E-state index contributed by atoms with van der Waals surface area (Å²) >= 11 is 0. The second-order valence-electron chi connectivity index (χ2n) is 5.22. The lowest BCUT2D eigenvalue weighted by Gasteiger charge is -2.27. The molecule has 1 unspecified atom stereocenters. The van der Waals surface area contributed by atoms with Crippen LogP contribution in [0.4, 0.5) is 0 Å². The third-order valence-corrected chi connectivity index (χ3v) is 4.71. The smallest absolute Gasteiger partial charge is 0.224 e. The summed E-state index contributed by atoms with van der Waals surface area (Å²) in [5.74, 6) is -0.291. The molecule has 1 fully saturated rings. The Hall–Kier alpha value is -0.580. The van der Waals surface area contributed by atoms with Gasteiger partial charge in [-0.1, -0.05) is 13.3 Å². The van der Waals surface area contributed by atoms with Crippen LogP contribution in [0.3, 0.4) is 0 Å². The van der Waals surface area contributed by atoms with E-state index >= 15 is 0 Å². The van der Waals surface area contributed by atoms with E-state index in [0.29, 0.717) is 6.42 Å². The zero-order valence-electron chi connectivity index (χ0n) is 10.2. The van der Waals surface area contributed by atoms with Crippen molar-refractivity contribution in [3.05, 3.63) is 0 Å². The molecule has 16 heavy (non-hydrogen) atoms. The van der Waals surface area contributed by atoms with Gasteiger partial charge >= 0.3 is 0 Å². The molecule has 0 aromatic heterocycles. The molecule has 1 saturated heterocycles. The molecule has 4 nitrogen and oxygen atoms in total. The lowest BCUT2D eigenvalue weighted by molar-refractivity contribution is -0.125. The Balaban J connectivity index is 2.54. The number of amides is 1. The Morgan fingerprint density at radius 2 is 2.06 bits per heavy atom. The lowest BCUT2D eigenvalue weighted by atomic mass is 9.97. The number of carbonyl (C=O) groups is 1. The fraction of sp³-hybridized carbons (Fsp3) is 0.909. The van der Waals surface area contributed by atoms with Gasteiger partial charge in [0.25, 0.3) is 0 Å². The Morgan fingerprint density at radius 1 is 1.44 bits per heavy atom. The number of hydrogen-bond donors (Lipinski definition) is 1. The average Bonchev–Trinajstić information content (AvgIpc) is 2.45. The highest BCUT2D eigenvalue weighted by Crippen LogP contribution is 2.20. The van der Waals surface area contributed by atoms with Gasteiger partial charge in [0, 0.05) is 5.54 Å². The van der Waals surface area contributed by atoms with Crippen LogP contribution in [-0.2, 0) is 14.6 Å². The summed E-state index contributed by atoms with van der Waals surface area (Å²) in [6.07, 6.45) is 2.37. The van der Waals surface area contributed by atoms with E-state index in [1.807, 2.05) is 13.8 Å². The van der Waals surface area contributed by atoms with Crippen LogP contribution in [0.15, 0.2) is 0 Å². The molecule has 1 amide bonds. The molecule has 0 saturated carbocycles. The third kappa shape index (κ3) is 3.77. The van der Waals surface area contributed by atoms with E-state index < -0.39 is 9.84 Å². The first-order chi connectivity index (χ1) is 7.26. The molecule has 0 spiro atoms. The summed E-state index contributed by atoms with van der Waals surface area (Å²) in [5, 5.41) is 2.93. The first-order valence-corrected chi connectivity index (χ1v) is 7.60. The highest BCUT2D eigenvalue weighted by Gasteiger charge is 2.34. The van der Waals surface area contributed by atoms with Crippen molar-refractivity contribution in [3.63, 3.8) is 0 Å². The number of rotatable bonds is 4. The molecule has 1 N–H and O–H groups in total. The number of hydrogen-bond acceptors (Lipinski definition) is 3. The standard InChI is InChI=1S/C11H21NO3S/c1-4-6-11(2,3)12-10(13)9-5-7-16(14,15)8-9/h9H,4-8H2,1-3H3,(H,12,13). The van der Waals surface area contributed by atoms with E-state index in [0.717, 1.165) is 12.8 Å². The van der Waals surface area contributed by atoms with Gasteiger partial charge in [-0.15, -0.1) is 0 Å². The normalized spacial score (nSPS) is 24.3.